The lowest BCUT2D eigenvalue weighted by atomic mass is 10.1. The Morgan fingerprint density at radius 1 is 0.902 bits per heavy atom. The van der Waals surface area contributed by atoms with E-state index in [1.807, 2.05) is 6.92 Å². The summed E-state index contributed by atoms with van der Waals surface area (Å²) in [7, 11) is 2.95. The molecule has 0 unspecified atom stereocenters. The molecule has 1 aliphatic rings. The zero-order valence-corrected chi connectivity index (χ0v) is 22.8. The van der Waals surface area contributed by atoms with Crippen LogP contribution in [0.3, 0.4) is 0 Å². The van der Waals surface area contributed by atoms with Gasteiger partial charge in [0.2, 0.25) is 0 Å². The number of anilines is 2. The molecule has 4 rings (SSSR count). The van der Waals surface area contributed by atoms with Crippen LogP contribution < -0.4 is 34.5 Å². The lowest BCUT2D eigenvalue weighted by molar-refractivity contribution is -0.122. The van der Waals surface area contributed by atoms with Crippen LogP contribution in [0.5, 0.6) is 23.0 Å². The molecule has 11 heteroatoms. The molecule has 3 aromatic rings. The van der Waals surface area contributed by atoms with Crippen LogP contribution in [0.15, 0.2) is 72.3 Å². The summed E-state index contributed by atoms with van der Waals surface area (Å²) < 4.78 is 21.8. The van der Waals surface area contributed by atoms with Crippen LogP contribution in [-0.4, -0.2) is 51.2 Å². The lowest BCUT2D eigenvalue weighted by Gasteiger charge is -2.27. The zero-order valence-electron chi connectivity index (χ0n) is 22.8. The average Bonchev–Trinajstić information content (AvgIpc) is 2.97. The van der Waals surface area contributed by atoms with Gasteiger partial charge in [0.25, 0.3) is 17.7 Å². The second kappa shape index (κ2) is 13.2. The predicted octanol–water partition coefficient (Wildman–Crippen LogP) is 4.18. The van der Waals surface area contributed by atoms with E-state index in [4.69, 9.17) is 18.9 Å². The number of methoxy groups -OCH3 is 2. The Balaban J connectivity index is 1.50. The molecule has 1 aliphatic heterocycles. The molecule has 11 nitrogen and oxygen atoms in total. The van der Waals surface area contributed by atoms with Crippen molar-refractivity contribution in [3.8, 4) is 23.0 Å². The quantitative estimate of drug-likeness (QED) is 0.264. The van der Waals surface area contributed by atoms with Gasteiger partial charge in [-0.25, -0.2) is 9.69 Å². The fourth-order valence-electron chi connectivity index (χ4n) is 3.96. The molecule has 0 aliphatic carbocycles. The normalized spacial score (nSPS) is 14.0. The van der Waals surface area contributed by atoms with Gasteiger partial charge in [0, 0.05) is 6.07 Å². The second-order valence-electron chi connectivity index (χ2n) is 8.75. The average molecular weight is 560 g/mol. The minimum absolute atomic E-state index is 0.199. The van der Waals surface area contributed by atoms with Crippen molar-refractivity contribution in [2.24, 2.45) is 0 Å². The first-order chi connectivity index (χ1) is 19.8. The molecular weight excluding hydrogens is 530 g/mol. The number of hydrogen-bond donors (Lipinski definition) is 2. The number of para-hydroxylation sites is 2. The Morgan fingerprint density at radius 3 is 2.44 bits per heavy atom. The summed E-state index contributed by atoms with van der Waals surface area (Å²) in [5.41, 5.74) is 0.885. The highest BCUT2D eigenvalue weighted by atomic mass is 16.5. The summed E-state index contributed by atoms with van der Waals surface area (Å²) in [5, 5.41) is 4.91. The van der Waals surface area contributed by atoms with Gasteiger partial charge in [-0.1, -0.05) is 31.2 Å². The topological polar surface area (TPSA) is 132 Å². The number of amides is 5. The van der Waals surface area contributed by atoms with Crippen molar-refractivity contribution in [2.45, 2.75) is 13.3 Å². The fourth-order valence-corrected chi connectivity index (χ4v) is 3.96. The van der Waals surface area contributed by atoms with E-state index in [0.29, 0.717) is 40.9 Å². The van der Waals surface area contributed by atoms with Gasteiger partial charge in [-0.2, -0.15) is 0 Å². The van der Waals surface area contributed by atoms with Gasteiger partial charge in [0.15, 0.2) is 18.1 Å². The number of urea groups is 1. The Morgan fingerprint density at radius 2 is 1.68 bits per heavy atom. The van der Waals surface area contributed by atoms with Gasteiger partial charge in [0.05, 0.1) is 32.2 Å². The largest absolute Gasteiger partial charge is 0.495 e. The van der Waals surface area contributed by atoms with E-state index in [0.717, 1.165) is 11.3 Å². The summed E-state index contributed by atoms with van der Waals surface area (Å²) in [6.45, 7) is 2.14. The second-order valence-corrected chi connectivity index (χ2v) is 8.75. The fraction of sp³-hybridized carbons (Fsp3) is 0.200. The Kier molecular flexibility index (Phi) is 9.20. The number of ether oxygens (including phenoxy) is 4. The molecule has 0 atom stereocenters. The highest BCUT2D eigenvalue weighted by Gasteiger charge is 2.37. The number of barbiturate groups is 1. The van der Waals surface area contributed by atoms with Gasteiger partial charge >= 0.3 is 6.03 Å². The van der Waals surface area contributed by atoms with Gasteiger partial charge < -0.3 is 24.3 Å². The molecule has 0 radical (unpaired) electrons. The van der Waals surface area contributed by atoms with Crippen molar-refractivity contribution >= 4 is 41.2 Å². The molecule has 1 saturated heterocycles. The van der Waals surface area contributed by atoms with Crippen LogP contribution in [0.25, 0.3) is 6.08 Å². The van der Waals surface area contributed by atoms with Crippen LogP contribution >= 0.6 is 0 Å². The molecule has 0 bridgehead atoms. The summed E-state index contributed by atoms with van der Waals surface area (Å²) in [6, 6.07) is 17.2. The van der Waals surface area contributed by atoms with E-state index >= 15 is 0 Å². The molecule has 0 aromatic heterocycles. The Bertz CT molecular complexity index is 1500. The van der Waals surface area contributed by atoms with Gasteiger partial charge in [-0.15, -0.1) is 0 Å². The third kappa shape index (κ3) is 6.82. The first-order valence-electron chi connectivity index (χ1n) is 12.7. The summed E-state index contributed by atoms with van der Waals surface area (Å²) in [4.78, 5) is 51.9. The zero-order chi connectivity index (χ0) is 29.4. The Hall–Kier alpha value is -5.32. The number of hydrogen-bond acceptors (Lipinski definition) is 8. The minimum atomic E-state index is -0.889. The monoisotopic (exact) mass is 559 g/mol. The van der Waals surface area contributed by atoms with Crippen molar-refractivity contribution in [3.63, 3.8) is 0 Å². The van der Waals surface area contributed by atoms with E-state index in [1.54, 1.807) is 54.6 Å². The molecule has 2 N–H and O–H groups in total. The predicted molar refractivity (Wildman–Crippen MR) is 151 cm³/mol. The van der Waals surface area contributed by atoms with E-state index in [-0.39, 0.29) is 17.9 Å². The van der Waals surface area contributed by atoms with E-state index in [2.05, 4.69) is 10.6 Å². The maximum Gasteiger partial charge on any atom is 0.335 e. The number of carbonyl (C=O) groups excluding carboxylic acids is 4. The lowest BCUT2D eigenvalue weighted by Crippen LogP contribution is -2.54. The van der Waals surface area contributed by atoms with Gasteiger partial charge in [0.1, 0.15) is 17.1 Å². The standard InChI is InChI=1S/C30H29N3O8/c1-4-14-40-25-13-12-20(17-26(25)39-3)33-29(36)22(28(35)32-30(33)37)16-19-8-7-9-21(15-19)41-18-27(34)31-23-10-5-6-11-24(23)38-2/h5-13,15-17H,4,14,18H2,1-3H3,(H,31,34)(H,32,35,37)/b22-16-. The maximum atomic E-state index is 13.3. The van der Waals surface area contributed by atoms with Crippen LogP contribution in [0, 0.1) is 0 Å². The summed E-state index contributed by atoms with van der Waals surface area (Å²) in [5.74, 6) is -0.424. The van der Waals surface area contributed by atoms with Crippen molar-refractivity contribution in [1.82, 2.24) is 5.32 Å². The van der Waals surface area contributed by atoms with Crippen LogP contribution in [0.2, 0.25) is 0 Å². The SMILES string of the molecule is CCCOc1ccc(N2C(=O)NC(=O)/C(=C/c3cccc(OCC(=O)Nc4ccccc4OC)c3)C2=O)cc1OC. The van der Waals surface area contributed by atoms with E-state index in [1.165, 1.54) is 32.4 Å². The van der Waals surface area contributed by atoms with Crippen molar-refractivity contribution in [2.75, 3.05) is 37.7 Å². The van der Waals surface area contributed by atoms with Crippen LogP contribution in [0.1, 0.15) is 18.9 Å². The molecular formula is C30H29N3O8. The molecule has 5 amide bonds. The van der Waals surface area contributed by atoms with Crippen molar-refractivity contribution in [3.05, 3.63) is 77.9 Å². The molecule has 41 heavy (non-hydrogen) atoms. The van der Waals surface area contributed by atoms with E-state index < -0.39 is 23.8 Å². The summed E-state index contributed by atoms with van der Waals surface area (Å²) in [6.07, 6.45) is 2.13. The number of carbonyl (C=O) groups is 4. The van der Waals surface area contributed by atoms with Gasteiger partial charge in [-0.3, -0.25) is 19.7 Å². The van der Waals surface area contributed by atoms with Crippen molar-refractivity contribution < 1.29 is 38.1 Å². The summed E-state index contributed by atoms with van der Waals surface area (Å²) >= 11 is 0. The number of nitrogens with one attached hydrogen (secondary N) is 2. The highest BCUT2D eigenvalue weighted by molar-refractivity contribution is 6.39. The van der Waals surface area contributed by atoms with Gasteiger partial charge in [-0.05, 0) is 54.5 Å². The molecule has 1 heterocycles. The van der Waals surface area contributed by atoms with Crippen molar-refractivity contribution in [1.29, 1.82) is 0 Å². The number of rotatable bonds is 11. The third-order valence-corrected chi connectivity index (χ3v) is 5.89. The van der Waals surface area contributed by atoms with Crippen LogP contribution in [0.4, 0.5) is 16.2 Å². The highest BCUT2D eigenvalue weighted by Crippen LogP contribution is 2.33. The molecule has 3 aromatic carbocycles. The Labute approximate surface area is 236 Å². The molecule has 212 valence electrons. The van der Waals surface area contributed by atoms with Crippen LogP contribution in [-0.2, 0) is 14.4 Å². The number of imide groups is 2. The number of benzene rings is 3. The molecule has 0 saturated carbocycles. The molecule has 1 fully saturated rings. The minimum Gasteiger partial charge on any atom is -0.495 e. The first-order valence-corrected chi connectivity index (χ1v) is 12.7. The first kappa shape index (κ1) is 28.7. The van der Waals surface area contributed by atoms with E-state index in [9.17, 15) is 19.2 Å². The maximum absolute atomic E-state index is 13.3. The smallest absolute Gasteiger partial charge is 0.335 e. The molecule has 0 spiro atoms. The third-order valence-electron chi connectivity index (χ3n) is 5.89. The number of nitrogens with zero attached hydrogens (tertiary/aromatic N) is 1.